The molecule has 0 spiro atoms. The summed E-state index contributed by atoms with van der Waals surface area (Å²) in [5, 5.41) is 0.666. The number of benzene rings is 1. The van der Waals surface area contributed by atoms with E-state index in [0.717, 1.165) is 5.56 Å². The molecule has 82 valence electrons. The zero-order chi connectivity index (χ0) is 10.9. The van der Waals surface area contributed by atoms with Crippen LogP contribution in [0.3, 0.4) is 0 Å². The minimum atomic E-state index is -0.730. The summed E-state index contributed by atoms with van der Waals surface area (Å²) in [6, 6.07) is 7.57. The van der Waals surface area contributed by atoms with Gasteiger partial charge in [-0.3, -0.25) is 0 Å². The molecule has 0 saturated carbocycles. The third-order valence-electron chi connectivity index (χ3n) is 2.50. The van der Waals surface area contributed by atoms with Crippen molar-refractivity contribution in [3.05, 3.63) is 34.9 Å². The Bertz CT molecular complexity index is 358. The number of rotatable bonds is 2. The van der Waals surface area contributed by atoms with E-state index in [2.05, 4.69) is 12.6 Å². The Morgan fingerprint density at radius 3 is 2.87 bits per heavy atom. The normalized spacial score (nSPS) is 30.7. The number of halogens is 1. The highest BCUT2D eigenvalue weighted by Gasteiger charge is 2.39. The first-order valence-corrected chi connectivity index (χ1v) is 5.84. The van der Waals surface area contributed by atoms with Crippen molar-refractivity contribution >= 4 is 24.2 Å². The van der Waals surface area contributed by atoms with E-state index in [1.165, 1.54) is 0 Å². The molecule has 1 fully saturated rings. The smallest absolute Gasteiger partial charge is 0.193 e. The number of hydrogen-bond donors (Lipinski definition) is 1. The van der Waals surface area contributed by atoms with Gasteiger partial charge in [0.1, 0.15) is 0 Å². The largest absolute Gasteiger partial charge is 0.343 e. The average molecular weight is 245 g/mol. The Kier molecular flexibility index (Phi) is 3.26. The summed E-state index contributed by atoms with van der Waals surface area (Å²) in [5.74, 6) is -0.0776. The quantitative estimate of drug-likeness (QED) is 0.807. The molecule has 0 unspecified atom stereocenters. The molecule has 4 heteroatoms. The van der Waals surface area contributed by atoms with Gasteiger partial charge in [-0.15, -0.1) is 0 Å². The van der Waals surface area contributed by atoms with E-state index in [1.54, 1.807) is 0 Å². The molecular weight excluding hydrogens is 232 g/mol. The van der Waals surface area contributed by atoms with E-state index >= 15 is 0 Å². The van der Waals surface area contributed by atoms with Crippen LogP contribution in [0.4, 0.5) is 0 Å². The maximum atomic E-state index is 6.11. The lowest BCUT2D eigenvalue weighted by molar-refractivity contribution is -0.159. The predicted octanol–water partition coefficient (Wildman–Crippen LogP) is 2.86. The fraction of sp³-hybridized carbons (Fsp3) is 0.455. The molecule has 15 heavy (non-hydrogen) atoms. The van der Waals surface area contributed by atoms with Gasteiger partial charge in [-0.2, -0.15) is 12.6 Å². The van der Waals surface area contributed by atoms with Crippen molar-refractivity contribution in [1.29, 1.82) is 0 Å². The fourth-order valence-corrected chi connectivity index (χ4v) is 2.19. The van der Waals surface area contributed by atoms with Crippen LogP contribution in [0.25, 0.3) is 0 Å². The number of thiol groups is 1. The Morgan fingerprint density at radius 2 is 2.27 bits per heavy atom. The van der Waals surface area contributed by atoms with Crippen LogP contribution in [0.5, 0.6) is 0 Å². The van der Waals surface area contributed by atoms with Crippen LogP contribution in [-0.2, 0) is 15.3 Å². The summed E-state index contributed by atoms with van der Waals surface area (Å²) in [6.07, 6.45) is 0.0367. The van der Waals surface area contributed by atoms with Crippen LogP contribution >= 0.6 is 24.2 Å². The molecule has 0 radical (unpaired) electrons. The molecule has 0 amide bonds. The van der Waals surface area contributed by atoms with Crippen molar-refractivity contribution < 1.29 is 9.47 Å². The van der Waals surface area contributed by atoms with Gasteiger partial charge < -0.3 is 9.47 Å². The highest BCUT2D eigenvalue weighted by Crippen LogP contribution is 2.37. The van der Waals surface area contributed by atoms with Crippen LogP contribution in [0.1, 0.15) is 12.5 Å². The molecule has 1 aliphatic rings. The molecule has 1 heterocycles. The van der Waals surface area contributed by atoms with Gasteiger partial charge in [0.25, 0.3) is 0 Å². The van der Waals surface area contributed by atoms with Crippen LogP contribution in [0, 0.1) is 0 Å². The third kappa shape index (κ3) is 2.16. The molecular formula is C11H13ClO2S. The van der Waals surface area contributed by atoms with Crippen molar-refractivity contribution in [1.82, 2.24) is 0 Å². The lowest BCUT2D eigenvalue weighted by atomic mass is 10.1. The van der Waals surface area contributed by atoms with Crippen molar-refractivity contribution in [2.45, 2.75) is 18.8 Å². The number of hydrogen-bond acceptors (Lipinski definition) is 3. The molecule has 0 aliphatic carbocycles. The first kappa shape index (κ1) is 11.3. The molecule has 0 N–H and O–H groups in total. The summed E-state index contributed by atoms with van der Waals surface area (Å²) in [4.78, 5) is 0. The second-order valence-electron chi connectivity index (χ2n) is 3.66. The summed E-state index contributed by atoms with van der Waals surface area (Å²) in [5.41, 5.74) is 0.871. The molecule has 1 aromatic carbocycles. The van der Waals surface area contributed by atoms with Gasteiger partial charge in [0.05, 0.1) is 12.7 Å². The third-order valence-corrected chi connectivity index (χ3v) is 3.24. The minimum Gasteiger partial charge on any atom is -0.343 e. The van der Waals surface area contributed by atoms with Gasteiger partial charge in [-0.1, -0.05) is 29.8 Å². The molecule has 1 aromatic rings. The molecule has 1 saturated heterocycles. The highest BCUT2D eigenvalue weighted by atomic mass is 35.5. The van der Waals surface area contributed by atoms with Crippen molar-refractivity contribution in [3.8, 4) is 0 Å². The van der Waals surface area contributed by atoms with Gasteiger partial charge in [0, 0.05) is 16.3 Å². The Morgan fingerprint density at radius 1 is 1.53 bits per heavy atom. The fourth-order valence-electron chi connectivity index (χ4n) is 1.70. The van der Waals surface area contributed by atoms with Crippen molar-refractivity contribution in [2.75, 3.05) is 12.4 Å². The van der Waals surface area contributed by atoms with Crippen LogP contribution < -0.4 is 0 Å². The zero-order valence-corrected chi connectivity index (χ0v) is 10.1. The molecule has 2 nitrogen and oxygen atoms in total. The maximum Gasteiger partial charge on any atom is 0.193 e. The van der Waals surface area contributed by atoms with Gasteiger partial charge >= 0.3 is 0 Å². The Hall–Kier alpha value is -0.220. The van der Waals surface area contributed by atoms with Crippen molar-refractivity contribution in [3.63, 3.8) is 0 Å². The first-order valence-electron chi connectivity index (χ1n) is 4.83. The van der Waals surface area contributed by atoms with Gasteiger partial charge in [-0.05, 0) is 13.0 Å². The molecule has 0 bridgehead atoms. The van der Waals surface area contributed by atoms with E-state index in [9.17, 15) is 0 Å². The van der Waals surface area contributed by atoms with E-state index in [0.29, 0.717) is 17.4 Å². The van der Waals surface area contributed by atoms with E-state index in [1.807, 2.05) is 31.2 Å². The van der Waals surface area contributed by atoms with Crippen molar-refractivity contribution in [2.24, 2.45) is 0 Å². The van der Waals surface area contributed by atoms with E-state index in [-0.39, 0.29) is 6.10 Å². The van der Waals surface area contributed by atoms with Gasteiger partial charge in [0.15, 0.2) is 5.79 Å². The lowest BCUT2D eigenvalue weighted by Gasteiger charge is -2.24. The van der Waals surface area contributed by atoms with Gasteiger partial charge in [0.2, 0.25) is 0 Å². The van der Waals surface area contributed by atoms with E-state index < -0.39 is 5.79 Å². The predicted molar refractivity (Wildman–Crippen MR) is 63.5 cm³/mol. The maximum absolute atomic E-state index is 6.11. The summed E-state index contributed by atoms with van der Waals surface area (Å²) in [6.45, 7) is 2.45. The standard InChI is InChI=1S/C11H13ClO2S/c1-11(13-6-8(7-15)14-11)9-4-2-3-5-10(9)12/h2-5,8,15H,6-7H2,1H3/t8-,11+/m1/s1. The molecule has 2 atom stereocenters. The Labute approximate surface area is 99.9 Å². The molecule has 2 rings (SSSR count). The Balaban J connectivity index is 2.27. The van der Waals surface area contributed by atoms with Gasteiger partial charge in [-0.25, -0.2) is 0 Å². The summed E-state index contributed by atoms with van der Waals surface area (Å²) < 4.78 is 11.4. The second kappa shape index (κ2) is 4.34. The monoisotopic (exact) mass is 244 g/mol. The number of ether oxygens (including phenoxy) is 2. The minimum absolute atomic E-state index is 0.0367. The highest BCUT2D eigenvalue weighted by molar-refractivity contribution is 7.80. The SMILES string of the molecule is C[C@]1(c2ccccc2Cl)OC[C@H](CS)O1. The molecule has 1 aliphatic heterocycles. The zero-order valence-electron chi connectivity index (χ0n) is 8.44. The lowest BCUT2D eigenvalue weighted by Crippen LogP contribution is -2.24. The first-order chi connectivity index (χ1) is 7.15. The summed E-state index contributed by atoms with van der Waals surface area (Å²) >= 11 is 10.3. The molecule has 0 aromatic heterocycles. The average Bonchev–Trinajstić information content (AvgIpc) is 2.62. The van der Waals surface area contributed by atoms with Crippen LogP contribution in [0.15, 0.2) is 24.3 Å². The van der Waals surface area contributed by atoms with Crippen LogP contribution in [0.2, 0.25) is 5.02 Å². The summed E-state index contributed by atoms with van der Waals surface area (Å²) in [7, 11) is 0. The topological polar surface area (TPSA) is 18.5 Å². The second-order valence-corrected chi connectivity index (χ2v) is 4.43. The van der Waals surface area contributed by atoms with E-state index in [4.69, 9.17) is 21.1 Å². The van der Waals surface area contributed by atoms with Crippen LogP contribution in [-0.4, -0.2) is 18.5 Å².